The molecule has 0 fully saturated rings. The second kappa shape index (κ2) is 9.40. The van der Waals surface area contributed by atoms with Crippen LogP contribution < -0.4 is 5.48 Å². The summed E-state index contributed by atoms with van der Waals surface area (Å²) in [5.41, 5.74) is 3.08. The van der Waals surface area contributed by atoms with Crippen LogP contribution in [-0.2, 0) is 4.79 Å². The van der Waals surface area contributed by atoms with E-state index in [1.807, 2.05) is 19.3 Å². The van der Waals surface area contributed by atoms with E-state index < -0.39 is 6.04 Å². The van der Waals surface area contributed by atoms with Crippen molar-refractivity contribution < 1.29 is 10.0 Å². The molecule has 1 atom stereocenters. The van der Waals surface area contributed by atoms with Crippen LogP contribution in [0.5, 0.6) is 0 Å². The predicted octanol–water partition coefficient (Wildman–Crippen LogP) is 5.03. The Morgan fingerprint density at radius 2 is 1.81 bits per heavy atom. The fourth-order valence-electron chi connectivity index (χ4n) is 3.00. The Labute approximate surface area is 161 Å². The topological polar surface area (TPSA) is 52.6 Å². The maximum atomic E-state index is 12.3. The first-order valence-corrected chi connectivity index (χ1v) is 9.98. The van der Waals surface area contributed by atoms with Crippen molar-refractivity contribution in [2.24, 2.45) is 11.8 Å². The number of amides is 1. The first-order chi connectivity index (χ1) is 12.3. The van der Waals surface area contributed by atoms with Crippen LogP contribution in [0.15, 0.2) is 41.3 Å². The van der Waals surface area contributed by atoms with Crippen molar-refractivity contribution in [1.29, 1.82) is 0 Å². The van der Waals surface area contributed by atoms with E-state index in [1.165, 1.54) is 16.3 Å². The molecule has 0 unspecified atom stereocenters. The van der Waals surface area contributed by atoms with Crippen LogP contribution in [0.4, 0.5) is 0 Å². The van der Waals surface area contributed by atoms with Gasteiger partial charge in [0.1, 0.15) is 6.04 Å². The molecule has 0 spiro atoms. The molecule has 0 aliphatic carbocycles. The maximum absolute atomic E-state index is 12.3. The van der Waals surface area contributed by atoms with Crippen molar-refractivity contribution in [3.63, 3.8) is 0 Å². The fourth-order valence-corrected chi connectivity index (χ4v) is 4.22. The molecule has 4 nitrogen and oxygen atoms in total. The molecule has 0 aromatic heterocycles. The van der Waals surface area contributed by atoms with Gasteiger partial charge in [0.25, 0.3) is 5.91 Å². The Balaban J connectivity index is 2.31. The fraction of sp³-hybridized carbons (Fsp3) is 0.476. The standard InChI is InChI=1S/C21H30N2O2S/c1-14(2)10-11-23(20(15(3)4)21(24)22-25)26-19-9-8-17-7-6-16(5)12-18(17)13-19/h6-9,12-15,20,25H,10-11H2,1-5H3,(H,22,24)/t20-/m1/s1. The van der Waals surface area contributed by atoms with Crippen LogP contribution >= 0.6 is 11.9 Å². The summed E-state index contributed by atoms with van der Waals surface area (Å²) in [7, 11) is 0. The van der Waals surface area contributed by atoms with Crippen LogP contribution in [0.25, 0.3) is 10.8 Å². The SMILES string of the molecule is Cc1ccc2ccc(SN(CCC(C)C)[C@@H](C(=O)NO)C(C)C)cc2c1. The number of fused-ring (bicyclic) bond motifs is 1. The summed E-state index contributed by atoms with van der Waals surface area (Å²) in [4.78, 5) is 13.4. The molecule has 142 valence electrons. The van der Waals surface area contributed by atoms with Gasteiger partial charge >= 0.3 is 0 Å². The van der Waals surface area contributed by atoms with Crippen molar-refractivity contribution >= 4 is 28.6 Å². The lowest BCUT2D eigenvalue weighted by atomic mass is 10.0. The van der Waals surface area contributed by atoms with Crippen LogP contribution in [0, 0.1) is 18.8 Å². The largest absolute Gasteiger partial charge is 0.289 e. The Morgan fingerprint density at radius 1 is 1.12 bits per heavy atom. The predicted molar refractivity (Wildman–Crippen MR) is 109 cm³/mol. The van der Waals surface area contributed by atoms with Crippen molar-refractivity contribution in [1.82, 2.24) is 9.79 Å². The Hall–Kier alpha value is -1.56. The van der Waals surface area contributed by atoms with E-state index in [-0.39, 0.29) is 11.8 Å². The van der Waals surface area contributed by atoms with E-state index in [1.54, 1.807) is 11.9 Å². The lowest BCUT2D eigenvalue weighted by molar-refractivity contribution is -0.134. The first kappa shape index (κ1) is 20.7. The number of hydroxylamine groups is 1. The van der Waals surface area contributed by atoms with Crippen molar-refractivity contribution in [2.75, 3.05) is 6.54 Å². The molecule has 2 aromatic carbocycles. The zero-order valence-corrected chi connectivity index (χ0v) is 17.1. The zero-order chi connectivity index (χ0) is 19.3. The number of hydrogen-bond acceptors (Lipinski definition) is 4. The highest BCUT2D eigenvalue weighted by molar-refractivity contribution is 7.97. The monoisotopic (exact) mass is 374 g/mol. The van der Waals surface area contributed by atoms with E-state index in [0.717, 1.165) is 17.9 Å². The van der Waals surface area contributed by atoms with Crippen LogP contribution in [0.2, 0.25) is 0 Å². The number of nitrogens with one attached hydrogen (secondary N) is 1. The second-order valence-corrected chi connectivity index (χ2v) is 8.71. The summed E-state index contributed by atoms with van der Waals surface area (Å²) < 4.78 is 2.10. The van der Waals surface area contributed by atoms with E-state index in [9.17, 15) is 10.0 Å². The molecular weight excluding hydrogens is 344 g/mol. The highest BCUT2D eigenvalue weighted by Crippen LogP contribution is 2.31. The molecule has 1 amide bonds. The van der Waals surface area contributed by atoms with Gasteiger partial charge in [0.15, 0.2) is 0 Å². The smallest absolute Gasteiger partial charge is 0.261 e. The van der Waals surface area contributed by atoms with Gasteiger partial charge in [-0.3, -0.25) is 10.0 Å². The molecule has 26 heavy (non-hydrogen) atoms. The summed E-state index contributed by atoms with van der Waals surface area (Å²) in [6.45, 7) is 11.2. The van der Waals surface area contributed by atoms with Crippen molar-refractivity contribution in [3.8, 4) is 0 Å². The molecular formula is C21H30N2O2S. The van der Waals surface area contributed by atoms with Gasteiger partial charge in [-0.15, -0.1) is 0 Å². The number of hydrogen-bond donors (Lipinski definition) is 2. The minimum atomic E-state index is -0.392. The maximum Gasteiger partial charge on any atom is 0.261 e. The summed E-state index contributed by atoms with van der Waals surface area (Å²) in [6.07, 6.45) is 0.988. The average molecular weight is 375 g/mol. The molecule has 2 rings (SSSR count). The van der Waals surface area contributed by atoms with E-state index in [2.05, 4.69) is 61.5 Å². The zero-order valence-electron chi connectivity index (χ0n) is 16.3. The lowest BCUT2D eigenvalue weighted by Gasteiger charge is -2.32. The van der Waals surface area contributed by atoms with Crippen LogP contribution in [-0.4, -0.2) is 28.0 Å². The highest BCUT2D eigenvalue weighted by Gasteiger charge is 2.29. The summed E-state index contributed by atoms with van der Waals surface area (Å²) >= 11 is 1.59. The van der Waals surface area contributed by atoms with Crippen molar-refractivity contribution in [2.45, 2.75) is 52.0 Å². The van der Waals surface area contributed by atoms with Gasteiger partial charge in [-0.25, -0.2) is 9.79 Å². The molecule has 0 heterocycles. The molecule has 0 bridgehead atoms. The Bertz CT molecular complexity index is 746. The number of carbonyl (C=O) groups excluding carboxylic acids is 1. The van der Waals surface area contributed by atoms with Gasteiger partial charge in [-0.05, 0) is 60.0 Å². The summed E-state index contributed by atoms with van der Waals surface area (Å²) in [6, 6.07) is 12.4. The average Bonchev–Trinajstić information content (AvgIpc) is 2.58. The Morgan fingerprint density at radius 3 is 2.42 bits per heavy atom. The molecule has 2 N–H and O–H groups in total. The van der Waals surface area contributed by atoms with Gasteiger partial charge in [-0.2, -0.15) is 0 Å². The van der Waals surface area contributed by atoms with Gasteiger partial charge in [0.2, 0.25) is 0 Å². The number of carbonyl (C=O) groups is 1. The quantitative estimate of drug-likeness (QED) is 0.386. The van der Waals surface area contributed by atoms with E-state index in [0.29, 0.717) is 5.92 Å². The number of rotatable bonds is 8. The second-order valence-electron chi connectivity index (χ2n) is 7.59. The third kappa shape index (κ3) is 5.47. The molecule has 0 aliphatic rings. The van der Waals surface area contributed by atoms with Gasteiger partial charge in [0, 0.05) is 11.4 Å². The molecule has 0 aliphatic heterocycles. The highest BCUT2D eigenvalue weighted by atomic mass is 32.2. The third-order valence-electron chi connectivity index (χ3n) is 4.44. The molecule has 5 heteroatoms. The van der Waals surface area contributed by atoms with Gasteiger partial charge < -0.3 is 0 Å². The normalized spacial score (nSPS) is 13.0. The minimum Gasteiger partial charge on any atom is -0.289 e. The van der Waals surface area contributed by atoms with E-state index >= 15 is 0 Å². The molecule has 2 aromatic rings. The molecule has 0 saturated carbocycles. The summed E-state index contributed by atoms with van der Waals surface area (Å²) in [5, 5.41) is 11.6. The van der Waals surface area contributed by atoms with E-state index in [4.69, 9.17) is 0 Å². The lowest BCUT2D eigenvalue weighted by Crippen LogP contribution is -2.46. The van der Waals surface area contributed by atoms with Crippen molar-refractivity contribution in [3.05, 3.63) is 42.0 Å². The summed E-state index contributed by atoms with van der Waals surface area (Å²) in [5.74, 6) is 0.278. The van der Waals surface area contributed by atoms with Gasteiger partial charge in [0.05, 0.1) is 0 Å². The minimum absolute atomic E-state index is 0.0875. The number of nitrogens with zero attached hydrogens (tertiary/aromatic N) is 1. The van der Waals surface area contributed by atoms with Crippen LogP contribution in [0.3, 0.4) is 0 Å². The molecule has 0 radical (unpaired) electrons. The third-order valence-corrected chi connectivity index (χ3v) is 5.55. The Kier molecular flexibility index (Phi) is 7.50. The van der Waals surface area contributed by atoms with Gasteiger partial charge in [-0.1, -0.05) is 57.5 Å². The van der Waals surface area contributed by atoms with Crippen LogP contribution in [0.1, 0.15) is 39.7 Å². The number of aryl methyl sites for hydroxylation is 1. The molecule has 0 saturated heterocycles. The number of benzene rings is 2. The first-order valence-electron chi connectivity index (χ1n) is 9.20.